The molecule has 0 radical (unpaired) electrons. The molecule has 1 aromatic rings. The number of carbonyl (C=O) groups excluding carboxylic acids is 2. The molecule has 0 aromatic heterocycles. The zero-order valence-electron chi connectivity index (χ0n) is 11.6. The van der Waals surface area contributed by atoms with Gasteiger partial charge in [-0.1, -0.05) is 30.3 Å². The molecule has 1 atom stereocenters. The van der Waals surface area contributed by atoms with E-state index in [0.717, 1.165) is 5.56 Å². The molecular weight excluding hydrogens is 274 g/mol. The molecule has 6 nitrogen and oxygen atoms in total. The first-order chi connectivity index (χ1) is 10.0. The molecule has 0 saturated heterocycles. The van der Waals surface area contributed by atoms with Gasteiger partial charge in [0.15, 0.2) is 0 Å². The maximum absolute atomic E-state index is 11.7. The molecular formula is C15H17NO5. The van der Waals surface area contributed by atoms with Crippen molar-refractivity contribution in [1.82, 2.24) is 5.32 Å². The van der Waals surface area contributed by atoms with E-state index in [4.69, 9.17) is 5.11 Å². The fourth-order valence-corrected chi connectivity index (χ4v) is 1.58. The van der Waals surface area contributed by atoms with Crippen molar-refractivity contribution in [1.29, 1.82) is 0 Å². The second-order valence-corrected chi connectivity index (χ2v) is 4.26. The number of amides is 1. The van der Waals surface area contributed by atoms with Crippen molar-refractivity contribution >= 4 is 23.9 Å². The zero-order chi connectivity index (χ0) is 15.7. The van der Waals surface area contributed by atoms with E-state index < -0.39 is 23.9 Å². The minimum atomic E-state index is -1.19. The number of ether oxygens (including phenoxy) is 1. The largest absolute Gasteiger partial charge is 0.480 e. The number of aliphatic carboxylic acids is 1. The molecule has 0 unspecified atom stereocenters. The highest BCUT2D eigenvalue weighted by molar-refractivity contribution is 5.94. The molecule has 1 rings (SSSR count). The lowest BCUT2D eigenvalue weighted by Crippen LogP contribution is -2.40. The SMILES string of the molecule is COC(=O)CC[C@@H](NC(=O)/C=C/c1ccccc1)C(=O)O. The predicted octanol–water partition coefficient (Wildman–Crippen LogP) is 1.22. The fourth-order valence-electron chi connectivity index (χ4n) is 1.58. The average Bonchev–Trinajstić information content (AvgIpc) is 2.49. The highest BCUT2D eigenvalue weighted by Gasteiger charge is 2.20. The van der Waals surface area contributed by atoms with Crippen LogP contribution in [0, 0.1) is 0 Å². The third-order valence-electron chi connectivity index (χ3n) is 2.71. The van der Waals surface area contributed by atoms with Crippen molar-refractivity contribution in [3.63, 3.8) is 0 Å². The van der Waals surface area contributed by atoms with Crippen molar-refractivity contribution in [3.05, 3.63) is 42.0 Å². The van der Waals surface area contributed by atoms with Crippen LogP contribution < -0.4 is 5.32 Å². The summed E-state index contributed by atoms with van der Waals surface area (Å²) in [6.45, 7) is 0. The van der Waals surface area contributed by atoms with Crippen LogP contribution in [0.4, 0.5) is 0 Å². The summed E-state index contributed by atoms with van der Waals surface area (Å²) in [5, 5.41) is 11.3. The van der Waals surface area contributed by atoms with Gasteiger partial charge >= 0.3 is 11.9 Å². The minimum Gasteiger partial charge on any atom is -0.480 e. The Kier molecular flexibility index (Phi) is 6.67. The number of carboxylic acid groups (broad SMARTS) is 1. The number of carboxylic acids is 1. The van der Waals surface area contributed by atoms with E-state index >= 15 is 0 Å². The van der Waals surface area contributed by atoms with Crippen molar-refractivity contribution in [2.45, 2.75) is 18.9 Å². The molecule has 21 heavy (non-hydrogen) atoms. The number of methoxy groups -OCH3 is 1. The van der Waals surface area contributed by atoms with Gasteiger partial charge in [0.1, 0.15) is 6.04 Å². The lowest BCUT2D eigenvalue weighted by Gasteiger charge is -2.12. The molecule has 2 N–H and O–H groups in total. The quantitative estimate of drug-likeness (QED) is 0.582. The standard InChI is InChI=1S/C15H17NO5/c1-21-14(18)10-8-12(15(19)20)16-13(17)9-7-11-5-3-2-4-6-11/h2-7,9,12H,8,10H2,1H3,(H,16,17)(H,19,20)/b9-7+/t12-/m1/s1. The molecule has 0 spiro atoms. The van der Waals surface area contributed by atoms with E-state index in [1.54, 1.807) is 6.08 Å². The number of rotatable bonds is 7. The normalized spacial score (nSPS) is 11.9. The number of benzene rings is 1. The van der Waals surface area contributed by atoms with E-state index in [9.17, 15) is 14.4 Å². The summed E-state index contributed by atoms with van der Waals surface area (Å²) in [5.41, 5.74) is 0.828. The van der Waals surface area contributed by atoms with Crippen LogP contribution in [0.15, 0.2) is 36.4 Å². The first kappa shape index (κ1) is 16.4. The summed E-state index contributed by atoms with van der Waals surface area (Å²) in [4.78, 5) is 33.7. The van der Waals surface area contributed by atoms with Crippen molar-refractivity contribution in [2.75, 3.05) is 7.11 Å². The first-order valence-corrected chi connectivity index (χ1v) is 6.36. The van der Waals surface area contributed by atoms with Gasteiger partial charge in [-0.3, -0.25) is 9.59 Å². The number of hydrogen-bond donors (Lipinski definition) is 2. The third kappa shape index (κ3) is 6.38. The van der Waals surface area contributed by atoms with Gasteiger partial charge in [0.25, 0.3) is 0 Å². The number of hydrogen-bond acceptors (Lipinski definition) is 4. The topological polar surface area (TPSA) is 92.7 Å². The summed E-state index contributed by atoms with van der Waals surface area (Å²) in [7, 11) is 1.22. The van der Waals surface area contributed by atoms with Crippen LogP contribution in [-0.2, 0) is 19.1 Å². The summed E-state index contributed by atoms with van der Waals surface area (Å²) >= 11 is 0. The summed E-state index contributed by atoms with van der Waals surface area (Å²) < 4.78 is 4.43. The maximum Gasteiger partial charge on any atom is 0.326 e. The monoisotopic (exact) mass is 291 g/mol. The van der Waals surface area contributed by atoms with Crippen molar-refractivity contribution in [2.24, 2.45) is 0 Å². The van der Waals surface area contributed by atoms with Crippen molar-refractivity contribution in [3.8, 4) is 0 Å². The second-order valence-electron chi connectivity index (χ2n) is 4.26. The molecule has 0 heterocycles. The molecule has 1 amide bonds. The molecule has 0 fully saturated rings. The van der Waals surface area contributed by atoms with Gasteiger partial charge in [-0.05, 0) is 18.1 Å². The van der Waals surface area contributed by atoms with Crippen LogP contribution in [0.5, 0.6) is 0 Å². The molecule has 0 bridgehead atoms. The molecule has 0 aliphatic heterocycles. The van der Waals surface area contributed by atoms with Crippen LogP contribution >= 0.6 is 0 Å². The third-order valence-corrected chi connectivity index (χ3v) is 2.71. The lowest BCUT2D eigenvalue weighted by atomic mass is 10.1. The van der Waals surface area contributed by atoms with Gasteiger partial charge in [0.05, 0.1) is 7.11 Å². The van der Waals surface area contributed by atoms with Gasteiger partial charge in [-0.25, -0.2) is 4.79 Å². The average molecular weight is 291 g/mol. The molecule has 112 valence electrons. The van der Waals surface area contributed by atoms with Gasteiger partial charge < -0.3 is 15.2 Å². The first-order valence-electron chi connectivity index (χ1n) is 6.36. The molecule has 0 aliphatic carbocycles. The number of carbonyl (C=O) groups is 3. The second kappa shape index (κ2) is 8.52. The Balaban J connectivity index is 2.54. The predicted molar refractivity (Wildman–Crippen MR) is 76.3 cm³/mol. The van der Waals surface area contributed by atoms with Gasteiger partial charge in [-0.2, -0.15) is 0 Å². The Labute approximate surface area is 122 Å². The van der Waals surface area contributed by atoms with E-state index in [2.05, 4.69) is 10.1 Å². The Bertz CT molecular complexity index is 524. The fraction of sp³-hybridized carbons (Fsp3) is 0.267. The number of nitrogens with one attached hydrogen (secondary N) is 1. The molecule has 6 heteroatoms. The molecule has 0 aliphatic rings. The molecule has 0 saturated carbocycles. The van der Waals surface area contributed by atoms with Gasteiger partial charge in [0.2, 0.25) is 5.91 Å². The van der Waals surface area contributed by atoms with E-state index in [1.165, 1.54) is 13.2 Å². The zero-order valence-corrected chi connectivity index (χ0v) is 11.6. The van der Waals surface area contributed by atoms with Gasteiger partial charge in [-0.15, -0.1) is 0 Å². The Morgan fingerprint density at radius 2 is 1.95 bits per heavy atom. The Morgan fingerprint density at radius 1 is 1.29 bits per heavy atom. The van der Waals surface area contributed by atoms with E-state index in [-0.39, 0.29) is 12.8 Å². The van der Waals surface area contributed by atoms with E-state index in [1.807, 2.05) is 30.3 Å². The Hall–Kier alpha value is -2.63. The Morgan fingerprint density at radius 3 is 2.52 bits per heavy atom. The maximum atomic E-state index is 11.7. The minimum absolute atomic E-state index is 0.0209. The van der Waals surface area contributed by atoms with Crippen LogP contribution in [0.3, 0.4) is 0 Å². The lowest BCUT2D eigenvalue weighted by molar-refractivity contribution is -0.143. The summed E-state index contributed by atoms with van der Waals surface area (Å²) in [5.74, 6) is -2.24. The van der Waals surface area contributed by atoms with Crippen LogP contribution in [0.25, 0.3) is 6.08 Å². The number of esters is 1. The summed E-state index contributed by atoms with van der Waals surface area (Å²) in [6.07, 6.45) is 2.74. The highest BCUT2D eigenvalue weighted by atomic mass is 16.5. The molecule has 1 aromatic carbocycles. The van der Waals surface area contributed by atoms with Gasteiger partial charge in [0, 0.05) is 12.5 Å². The van der Waals surface area contributed by atoms with Crippen LogP contribution in [-0.4, -0.2) is 36.1 Å². The van der Waals surface area contributed by atoms with Crippen molar-refractivity contribution < 1.29 is 24.2 Å². The smallest absolute Gasteiger partial charge is 0.326 e. The highest BCUT2D eigenvalue weighted by Crippen LogP contribution is 2.02. The summed E-state index contributed by atoms with van der Waals surface area (Å²) in [6, 6.07) is 8.01. The van der Waals surface area contributed by atoms with Crippen LogP contribution in [0.2, 0.25) is 0 Å². The van der Waals surface area contributed by atoms with Crippen LogP contribution in [0.1, 0.15) is 18.4 Å². The van der Waals surface area contributed by atoms with E-state index in [0.29, 0.717) is 0 Å².